The molecule has 1 aromatic heterocycles. The van der Waals surface area contributed by atoms with E-state index in [2.05, 4.69) is 42.3 Å². The van der Waals surface area contributed by atoms with Crippen molar-refractivity contribution in [1.29, 1.82) is 0 Å². The molecule has 3 rings (SSSR count). The summed E-state index contributed by atoms with van der Waals surface area (Å²) >= 11 is 0. The number of nitrogens with zero attached hydrogens (tertiary/aromatic N) is 1. The van der Waals surface area contributed by atoms with Gasteiger partial charge in [-0.3, -0.25) is 4.90 Å². The van der Waals surface area contributed by atoms with Gasteiger partial charge in [-0.15, -0.1) is 0 Å². The van der Waals surface area contributed by atoms with Gasteiger partial charge in [-0.2, -0.15) is 0 Å². The lowest BCUT2D eigenvalue weighted by Crippen LogP contribution is -2.38. The highest BCUT2D eigenvalue weighted by Gasteiger charge is 2.24. The van der Waals surface area contributed by atoms with Gasteiger partial charge in [0.15, 0.2) is 0 Å². The second-order valence-corrected chi connectivity index (χ2v) is 6.51. The predicted octanol–water partition coefficient (Wildman–Crippen LogP) is 3.63. The predicted molar refractivity (Wildman–Crippen MR) is 87.2 cm³/mol. The molecular formula is C18H26N2O. The minimum atomic E-state index is 0.774. The van der Waals surface area contributed by atoms with Crippen LogP contribution in [0.2, 0.25) is 0 Å². The number of likely N-dealkylation sites (tertiary alicyclic amines) is 1. The Morgan fingerprint density at radius 3 is 2.81 bits per heavy atom. The number of nitrogens with one attached hydrogen (secondary N) is 1. The Kier molecular flexibility index (Phi) is 4.32. The largest absolute Gasteiger partial charge is 0.459 e. The van der Waals surface area contributed by atoms with Crippen LogP contribution in [0, 0.1) is 11.8 Å². The zero-order chi connectivity index (χ0) is 14.8. The van der Waals surface area contributed by atoms with Crippen molar-refractivity contribution in [2.45, 2.75) is 33.4 Å². The molecule has 0 aliphatic carbocycles. The molecule has 0 radical (unpaired) electrons. The van der Waals surface area contributed by atoms with Crippen LogP contribution in [-0.4, -0.2) is 25.0 Å². The van der Waals surface area contributed by atoms with Crippen LogP contribution in [0.3, 0.4) is 0 Å². The van der Waals surface area contributed by atoms with Gasteiger partial charge in [0.2, 0.25) is 0 Å². The standard InChI is InChI=1S/C18H26N2O/c1-13-8-9-20(11-14(13)2)12-18-16(10-19-3)15-6-4-5-7-17(15)21-18/h4-7,13-14,19H,8-12H2,1-3H3. The van der Waals surface area contributed by atoms with Gasteiger partial charge < -0.3 is 9.73 Å². The highest BCUT2D eigenvalue weighted by atomic mass is 16.3. The molecule has 3 nitrogen and oxygen atoms in total. The van der Waals surface area contributed by atoms with E-state index in [9.17, 15) is 0 Å². The van der Waals surface area contributed by atoms with Crippen molar-refractivity contribution in [2.24, 2.45) is 11.8 Å². The first-order chi connectivity index (χ1) is 10.2. The first-order valence-electron chi connectivity index (χ1n) is 8.05. The maximum absolute atomic E-state index is 6.13. The van der Waals surface area contributed by atoms with Crippen molar-refractivity contribution in [3.05, 3.63) is 35.6 Å². The zero-order valence-corrected chi connectivity index (χ0v) is 13.4. The molecule has 2 unspecified atom stereocenters. The van der Waals surface area contributed by atoms with Crippen molar-refractivity contribution in [3.8, 4) is 0 Å². The summed E-state index contributed by atoms with van der Waals surface area (Å²) in [6.07, 6.45) is 1.29. The lowest BCUT2D eigenvalue weighted by molar-refractivity contribution is 0.125. The van der Waals surface area contributed by atoms with E-state index >= 15 is 0 Å². The Bertz CT molecular complexity index is 604. The number of fused-ring (bicyclic) bond motifs is 1. The molecule has 2 aromatic rings. The maximum atomic E-state index is 6.13. The van der Waals surface area contributed by atoms with E-state index in [1.54, 1.807) is 0 Å². The number of para-hydroxylation sites is 1. The summed E-state index contributed by atoms with van der Waals surface area (Å²) in [5.41, 5.74) is 2.33. The fraction of sp³-hybridized carbons (Fsp3) is 0.556. The third kappa shape index (κ3) is 2.99. The minimum Gasteiger partial charge on any atom is -0.459 e. The minimum absolute atomic E-state index is 0.774. The topological polar surface area (TPSA) is 28.4 Å². The van der Waals surface area contributed by atoms with E-state index in [1.165, 1.54) is 30.5 Å². The lowest BCUT2D eigenvalue weighted by Gasteiger charge is -2.34. The quantitative estimate of drug-likeness (QED) is 0.930. The molecule has 3 heteroatoms. The van der Waals surface area contributed by atoms with Crippen LogP contribution in [0.25, 0.3) is 11.0 Å². The third-order valence-corrected chi connectivity index (χ3v) is 4.92. The molecule has 21 heavy (non-hydrogen) atoms. The van der Waals surface area contributed by atoms with Crippen molar-refractivity contribution < 1.29 is 4.42 Å². The van der Waals surface area contributed by atoms with E-state index in [0.29, 0.717) is 0 Å². The first kappa shape index (κ1) is 14.6. The summed E-state index contributed by atoms with van der Waals surface area (Å²) < 4.78 is 6.13. The number of furan rings is 1. The van der Waals surface area contributed by atoms with Crippen molar-refractivity contribution in [2.75, 3.05) is 20.1 Å². The molecule has 2 atom stereocenters. The van der Waals surface area contributed by atoms with Gasteiger partial charge in [0, 0.05) is 24.0 Å². The van der Waals surface area contributed by atoms with Crippen LogP contribution >= 0.6 is 0 Å². The van der Waals surface area contributed by atoms with Gasteiger partial charge in [0.25, 0.3) is 0 Å². The average molecular weight is 286 g/mol. The Hall–Kier alpha value is -1.32. The summed E-state index contributed by atoms with van der Waals surface area (Å²) in [5.74, 6) is 2.75. The normalized spacial score (nSPS) is 23.8. The van der Waals surface area contributed by atoms with Crippen LogP contribution in [0.15, 0.2) is 28.7 Å². The highest BCUT2D eigenvalue weighted by Crippen LogP contribution is 2.29. The molecule has 0 bridgehead atoms. The Labute approximate surface area is 127 Å². The summed E-state index contributed by atoms with van der Waals surface area (Å²) in [6.45, 7) is 8.90. The third-order valence-electron chi connectivity index (χ3n) is 4.92. The van der Waals surface area contributed by atoms with Crippen LogP contribution in [-0.2, 0) is 13.1 Å². The molecule has 0 amide bonds. The van der Waals surface area contributed by atoms with E-state index in [1.807, 2.05) is 13.1 Å². The van der Waals surface area contributed by atoms with Crippen LogP contribution in [0.4, 0.5) is 0 Å². The van der Waals surface area contributed by atoms with Crippen molar-refractivity contribution >= 4 is 11.0 Å². The number of piperidine rings is 1. The smallest absolute Gasteiger partial charge is 0.134 e. The molecule has 0 saturated carbocycles. The summed E-state index contributed by atoms with van der Waals surface area (Å²) in [6, 6.07) is 8.36. The number of rotatable bonds is 4. The van der Waals surface area contributed by atoms with Gasteiger partial charge in [0.1, 0.15) is 11.3 Å². The molecule has 114 valence electrons. The van der Waals surface area contributed by atoms with E-state index in [0.717, 1.165) is 36.3 Å². The molecule has 2 heterocycles. The molecule has 0 spiro atoms. The Morgan fingerprint density at radius 2 is 2.05 bits per heavy atom. The van der Waals surface area contributed by atoms with Gasteiger partial charge in [-0.05, 0) is 37.9 Å². The van der Waals surface area contributed by atoms with Crippen LogP contribution < -0.4 is 5.32 Å². The molecular weight excluding hydrogens is 260 g/mol. The van der Waals surface area contributed by atoms with Gasteiger partial charge >= 0.3 is 0 Å². The molecule has 1 saturated heterocycles. The number of hydrogen-bond donors (Lipinski definition) is 1. The fourth-order valence-electron chi connectivity index (χ4n) is 3.34. The summed E-state index contributed by atoms with van der Waals surface area (Å²) in [7, 11) is 2.00. The van der Waals surface area contributed by atoms with Gasteiger partial charge in [0.05, 0.1) is 6.54 Å². The van der Waals surface area contributed by atoms with Gasteiger partial charge in [-0.1, -0.05) is 32.0 Å². The van der Waals surface area contributed by atoms with Crippen molar-refractivity contribution in [1.82, 2.24) is 10.2 Å². The lowest BCUT2D eigenvalue weighted by atomic mass is 9.88. The van der Waals surface area contributed by atoms with E-state index < -0.39 is 0 Å². The number of hydrogen-bond acceptors (Lipinski definition) is 3. The second-order valence-electron chi connectivity index (χ2n) is 6.51. The zero-order valence-electron chi connectivity index (χ0n) is 13.4. The second kappa shape index (κ2) is 6.20. The van der Waals surface area contributed by atoms with Gasteiger partial charge in [-0.25, -0.2) is 0 Å². The Balaban J connectivity index is 1.84. The first-order valence-corrected chi connectivity index (χ1v) is 8.05. The molecule has 1 aliphatic rings. The van der Waals surface area contributed by atoms with Crippen LogP contribution in [0.5, 0.6) is 0 Å². The van der Waals surface area contributed by atoms with E-state index in [4.69, 9.17) is 4.42 Å². The molecule has 1 N–H and O–H groups in total. The van der Waals surface area contributed by atoms with Crippen molar-refractivity contribution in [3.63, 3.8) is 0 Å². The molecule has 1 aliphatic heterocycles. The monoisotopic (exact) mass is 286 g/mol. The van der Waals surface area contributed by atoms with E-state index in [-0.39, 0.29) is 0 Å². The SMILES string of the molecule is CNCc1c(CN2CCC(C)C(C)C2)oc2ccccc12. The Morgan fingerprint density at radius 1 is 1.24 bits per heavy atom. The molecule has 1 fully saturated rings. The number of benzene rings is 1. The maximum Gasteiger partial charge on any atom is 0.134 e. The fourth-order valence-corrected chi connectivity index (χ4v) is 3.34. The summed E-state index contributed by atoms with van der Waals surface area (Å²) in [5, 5.41) is 4.53. The van der Waals surface area contributed by atoms with Crippen LogP contribution in [0.1, 0.15) is 31.6 Å². The summed E-state index contributed by atoms with van der Waals surface area (Å²) in [4.78, 5) is 2.54. The average Bonchev–Trinajstić information content (AvgIpc) is 2.81. The molecule has 1 aromatic carbocycles. The highest BCUT2D eigenvalue weighted by molar-refractivity contribution is 5.82.